The molecule has 0 aliphatic carbocycles. The van der Waals surface area contributed by atoms with Gasteiger partial charge in [0.05, 0.1) is 26.0 Å². The first-order valence-electron chi connectivity index (χ1n) is 14.6. The van der Waals surface area contributed by atoms with Crippen LogP contribution in [-0.4, -0.2) is 52.9 Å². The molecule has 0 bridgehead atoms. The minimum absolute atomic E-state index is 0.0935. The number of nitrogens with two attached hydrogens (primary N) is 2. The predicted molar refractivity (Wildman–Crippen MR) is 177 cm³/mol. The van der Waals surface area contributed by atoms with Gasteiger partial charge in [0.15, 0.2) is 11.5 Å². The molecule has 46 heavy (non-hydrogen) atoms. The number of amides is 1. The minimum atomic E-state index is -0.619. The molecule has 0 saturated heterocycles. The number of carbonyl (C=O) groups excluding carboxylic acids is 2. The van der Waals surface area contributed by atoms with Crippen molar-refractivity contribution in [3.05, 3.63) is 112 Å². The van der Waals surface area contributed by atoms with Crippen molar-refractivity contribution in [1.82, 2.24) is 15.0 Å². The number of hydrogen-bond donors (Lipinski definition) is 2. The monoisotopic (exact) mass is 620 g/mol. The molecular formula is C35H36N6O5. The topological polar surface area (TPSA) is 155 Å². The van der Waals surface area contributed by atoms with Crippen LogP contribution >= 0.6 is 0 Å². The molecule has 1 aromatic heterocycles. The number of ether oxygens (including phenoxy) is 3. The van der Waals surface area contributed by atoms with Crippen molar-refractivity contribution in [3.63, 3.8) is 0 Å². The van der Waals surface area contributed by atoms with Crippen molar-refractivity contribution in [2.75, 3.05) is 25.7 Å². The summed E-state index contributed by atoms with van der Waals surface area (Å²) in [4.78, 5) is 34.6. The van der Waals surface area contributed by atoms with E-state index in [2.05, 4.69) is 15.1 Å². The Morgan fingerprint density at radius 2 is 1.74 bits per heavy atom. The number of fused-ring (bicyclic) bond motifs is 1. The molecule has 236 valence electrons. The molecule has 1 aliphatic heterocycles. The summed E-state index contributed by atoms with van der Waals surface area (Å²) in [6, 6.07) is 17.9. The molecule has 0 fully saturated rings. The largest absolute Gasteiger partial charge is 0.493 e. The second kappa shape index (κ2) is 13.1. The van der Waals surface area contributed by atoms with Gasteiger partial charge in [-0.2, -0.15) is 10.1 Å². The van der Waals surface area contributed by atoms with E-state index in [0.717, 1.165) is 22.3 Å². The molecule has 5 rings (SSSR count). The van der Waals surface area contributed by atoms with E-state index >= 15 is 0 Å². The fraction of sp³-hybridized carbons (Fsp3) is 0.229. The first-order chi connectivity index (χ1) is 22.0. The maximum absolute atomic E-state index is 13.8. The van der Waals surface area contributed by atoms with Crippen LogP contribution in [0.5, 0.6) is 11.5 Å². The number of methoxy groups -OCH3 is 2. The lowest BCUT2D eigenvalue weighted by Crippen LogP contribution is -2.33. The van der Waals surface area contributed by atoms with Crippen molar-refractivity contribution in [2.24, 2.45) is 5.10 Å². The summed E-state index contributed by atoms with van der Waals surface area (Å²) >= 11 is 0. The Morgan fingerprint density at radius 3 is 2.41 bits per heavy atom. The Morgan fingerprint density at radius 1 is 1.00 bits per heavy atom. The minimum Gasteiger partial charge on any atom is -0.493 e. The summed E-state index contributed by atoms with van der Waals surface area (Å²) in [6.07, 6.45) is 6.75. The number of nitrogen functional groups attached to an aromatic ring is 2. The number of hydrogen-bond acceptors (Lipinski definition) is 10. The van der Waals surface area contributed by atoms with Crippen molar-refractivity contribution >= 4 is 35.9 Å². The van der Waals surface area contributed by atoms with E-state index in [9.17, 15) is 9.59 Å². The number of aromatic nitrogens is 2. The predicted octanol–water partition coefficient (Wildman–Crippen LogP) is 5.18. The van der Waals surface area contributed by atoms with Gasteiger partial charge < -0.3 is 25.7 Å². The van der Waals surface area contributed by atoms with Gasteiger partial charge >= 0.3 is 5.97 Å². The molecule has 4 N–H and O–H groups in total. The third-order valence-corrected chi connectivity index (χ3v) is 7.23. The van der Waals surface area contributed by atoms with Gasteiger partial charge in [0.2, 0.25) is 5.95 Å². The SMILES string of the molecule is COc1cc(Cc2cnc(N)nc2N)cc(/C=C/C(=O)N2N=Cc3ccccc3C2c2ccc(C(=O)OC(C)(C)C)cc2)c1OC. The van der Waals surface area contributed by atoms with Crippen molar-refractivity contribution < 1.29 is 23.8 Å². The maximum Gasteiger partial charge on any atom is 0.338 e. The Kier molecular flexibility index (Phi) is 9.04. The highest BCUT2D eigenvalue weighted by Crippen LogP contribution is 2.36. The van der Waals surface area contributed by atoms with Crippen LogP contribution in [0.3, 0.4) is 0 Å². The van der Waals surface area contributed by atoms with E-state index in [1.807, 2.05) is 69.3 Å². The van der Waals surface area contributed by atoms with Gasteiger partial charge in [-0.25, -0.2) is 14.8 Å². The van der Waals surface area contributed by atoms with Crippen molar-refractivity contribution in [2.45, 2.75) is 38.8 Å². The molecule has 0 spiro atoms. The zero-order valence-electron chi connectivity index (χ0n) is 26.4. The average molecular weight is 621 g/mol. The number of hydrazone groups is 1. The average Bonchev–Trinajstić information content (AvgIpc) is 3.03. The number of carbonyl (C=O) groups is 2. The second-order valence-electron chi connectivity index (χ2n) is 11.7. The lowest BCUT2D eigenvalue weighted by molar-refractivity contribution is -0.127. The smallest absolute Gasteiger partial charge is 0.338 e. The standard InChI is InChI=1S/C35H36N6O5/c1-35(2,3)46-33(43)23-12-10-22(11-13-23)30-27-9-7-6-8-25(27)20-39-41(30)29(42)15-14-24-16-21(18-28(44-4)31(24)45-5)17-26-19-38-34(37)40-32(26)36/h6-16,18-20,30H,17H2,1-5H3,(H4,36,37,38,40)/b15-14+. The van der Waals surface area contributed by atoms with Crippen LogP contribution in [-0.2, 0) is 16.0 Å². The fourth-order valence-electron chi connectivity index (χ4n) is 5.15. The van der Waals surface area contributed by atoms with Crippen molar-refractivity contribution in [3.8, 4) is 11.5 Å². The molecule has 1 unspecified atom stereocenters. The summed E-state index contributed by atoms with van der Waals surface area (Å²) in [6.45, 7) is 5.46. The number of anilines is 2. The van der Waals surface area contributed by atoms with Crippen LogP contribution in [0.25, 0.3) is 6.08 Å². The van der Waals surface area contributed by atoms with Crippen molar-refractivity contribution in [1.29, 1.82) is 0 Å². The molecule has 11 nitrogen and oxygen atoms in total. The van der Waals surface area contributed by atoms with Gasteiger partial charge in [-0.3, -0.25) is 4.79 Å². The zero-order valence-corrected chi connectivity index (χ0v) is 26.4. The molecule has 1 amide bonds. The number of benzene rings is 3. The maximum atomic E-state index is 13.8. The highest BCUT2D eigenvalue weighted by Gasteiger charge is 2.30. The van der Waals surface area contributed by atoms with E-state index < -0.39 is 17.6 Å². The first-order valence-corrected chi connectivity index (χ1v) is 14.6. The van der Waals surface area contributed by atoms with Crippen LogP contribution in [0, 0.1) is 0 Å². The van der Waals surface area contributed by atoms with E-state index in [0.29, 0.717) is 34.6 Å². The summed E-state index contributed by atoms with van der Waals surface area (Å²) < 4.78 is 16.8. The Labute approximate surface area is 267 Å². The Hall–Kier alpha value is -5.71. The van der Waals surface area contributed by atoms with E-state index in [1.165, 1.54) is 18.2 Å². The highest BCUT2D eigenvalue weighted by molar-refractivity contribution is 5.95. The molecule has 1 atom stereocenters. The quantitative estimate of drug-likeness (QED) is 0.200. The molecule has 4 aromatic rings. The van der Waals surface area contributed by atoms with Gasteiger partial charge in [-0.05, 0) is 67.8 Å². The fourth-order valence-corrected chi connectivity index (χ4v) is 5.15. The van der Waals surface area contributed by atoms with Crippen LogP contribution in [0.1, 0.15) is 70.6 Å². The van der Waals surface area contributed by atoms with Gasteiger partial charge in [0.25, 0.3) is 5.91 Å². The van der Waals surface area contributed by atoms with Gasteiger partial charge in [0.1, 0.15) is 17.5 Å². The van der Waals surface area contributed by atoms with E-state index in [1.54, 1.807) is 37.7 Å². The zero-order chi connectivity index (χ0) is 33.0. The highest BCUT2D eigenvalue weighted by atomic mass is 16.6. The van der Waals surface area contributed by atoms with E-state index in [4.69, 9.17) is 25.7 Å². The van der Waals surface area contributed by atoms with Gasteiger partial charge in [-0.1, -0.05) is 36.4 Å². The molecule has 3 aromatic carbocycles. The third-order valence-electron chi connectivity index (χ3n) is 7.23. The molecule has 0 radical (unpaired) electrons. The van der Waals surface area contributed by atoms with Crippen LogP contribution in [0.4, 0.5) is 11.8 Å². The van der Waals surface area contributed by atoms with Crippen LogP contribution in [0.2, 0.25) is 0 Å². The summed E-state index contributed by atoms with van der Waals surface area (Å²) in [5, 5.41) is 5.95. The third kappa shape index (κ3) is 6.99. The van der Waals surface area contributed by atoms with Crippen LogP contribution in [0.15, 0.2) is 78.0 Å². The molecule has 11 heteroatoms. The van der Waals surface area contributed by atoms with Gasteiger partial charge in [0, 0.05) is 35.4 Å². The molecule has 0 saturated carbocycles. The number of rotatable bonds is 8. The molecular weight excluding hydrogens is 584 g/mol. The molecule has 1 aliphatic rings. The first kappa shape index (κ1) is 31.7. The lowest BCUT2D eigenvalue weighted by Gasteiger charge is -2.31. The Bertz CT molecular complexity index is 1830. The number of nitrogens with zero attached hydrogens (tertiary/aromatic N) is 4. The molecule has 2 heterocycles. The normalized spacial score (nSPS) is 14.2. The lowest BCUT2D eigenvalue weighted by atomic mass is 9.92. The summed E-state index contributed by atoms with van der Waals surface area (Å²) in [7, 11) is 3.07. The van der Waals surface area contributed by atoms with E-state index in [-0.39, 0.29) is 17.7 Å². The number of esters is 1. The summed E-state index contributed by atoms with van der Waals surface area (Å²) in [5.74, 6) is 0.525. The van der Waals surface area contributed by atoms with Gasteiger partial charge in [-0.15, -0.1) is 0 Å². The Balaban J connectivity index is 1.47. The second-order valence-corrected chi connectivity index (χ2v) is 11.7. The summed E-state index contributed by atoms with van der Waals surface area (Å²) in [5.41, 5.74) is 16.2. The van der Waals surface area contributed by atoms with Crippen LogP contribution < -0.4 is 20.9 Å².